The second-order valence-electron chi connectivity index (χ2n) is 7.01. The molecule has 0 radical (unpaired) electrons. The van der Waals surface area contributed by atoms with Gasteiger partial charge in [-0.05, 0) is 62.8 Å². The van der Waals surface area contributed by atoms with Gasteiger partial charge in [-0.15, -0.1) is 0 Å². The zero-order chi connectivity index (χ0) is 18.4. The lowest BCUT2D eigenvalue weighted by Gasteiger charge is -2.30. The van der Waals surface area contributed by atoms with Gasteiger partial charge in [-0.25, -0.2) is 9.18 Å². The Labute approximate surface area is 153 Å². The van der Waals surface area contributed by atoms with Gasteiger partial charge in [0.15, 0.2) is 0 Å². The van der Waals surface area contributed by atoms with E-state index in [1.54, 1.807) is 0 Å². The zero-order valence-corrected chi connectivity index (χ0v) is 14.7. The largest absolute Gasteiger partial charge is 0.446 e. The summed E-state index contributed by atoms with van der Waals surface area (Å²) in [6.45, 7) is 0. The monoisotopic (exact) mass is 360 g/mol. The number of amides is 2. The average Bonchev–Trinajstić information content (AvgIpc) is 2.64. The Kier molecular flexibility index (Phi) is 6.26. The van der Waals surface area contributed by atoms with Gasteiger partial charge >= 0.3 is 6.09 Å². The zero-order valence-electron chi connectivity index (χ0n) is 14.7. The molecule has 0 saturated heterocycles. The van der Waals surface area contributed by atoms with Crippen molar-refractivity contribution < 1.29 is 18.7 Å². The molecule has 1 fully saturated rings. The molecule has 1 aromatic rings. The Hall–Kier alpha value is -2.37. The van der Waals surface area contributed by atoms with Crippen molar-refractivity contribution >= 4 is 17.7 Å². The van der Waals surface area contributed by atoms with Crippen LogP contribution in [-0.2, 0) is 9.53 Å². The summed E-state index contributed by atoms with van der Waals surface area (Å²) >= 11 is 0. The molecule has 3 atom stereocenters. The van der Waals surface area contributed by atoms with E-state index in [1.165, 1.54) is 24.3 Å². The van der Waals surface area contributed by atoms with Crippen LogP contribution in [0.2, 0.25) is 0 Å². The number of halogens is 1. The fourth-order valence-corrected chi connectivity index (χ4v) is 3.57. The van der Waals surface area contributed by atoms with E-state index in [4.69, 9.17) is 4.74 Å². The molecule has 0 bridgehead atoms. The first-order chi connectivity index (χ1) is 12.6. The number of anilines is 1. The molecule has 0 unspecified atom stereocenters. The topological polar surface area (TPSA) is 67.4 Å². The van der Waals surface area contributed by atoms with Crippen molar-refractivity contribution in [1.82, 2.24) is 5.32 Å². The van der Waals surface area contributed by atoms with Crippen LogP contribution in [0.1, 0.15) is 44.9 Å². The van der Waals surface area contributed by atoms with Crippen molar-refractivity contribution in [2.45, 2.75) is 57.1 Å². The maximum absolute atomic E-state index is 12.9. The van der Waals surface area contributed by atoms with Gasteiger partial charge in [0.1, 0.15) is 11.9 Å². The van der Waals surface area contributed by atoms with Crippen molar-refractivity contribution in [3.8, 4) is 0 Å². The molecule has 2 amide bonds. The molecular weight excluding hydrogens is 335 g/mol. The Balaban J connectivity index is 1.45. The number of hydrogen-bond donors (Lipinski definition) is 2. The highest BCUT2D eigenvalue weighted by Crippen LogP contribution is 2.24. The number of ether oxygens (including phenoxy) is 1. The highest BCUT2D eigenvalue weighted by Gasteiger charge is 2.28. The van der Waals surface area contributed by atoms with E-state index in [0.717, 1.165) is 38.5 Å². The average molecular weight is 360 g/mol. The number of allylic oxidation sites excluding steroid dienone is 2. The van der Waals surface area contributed by atoms with Gasteiger partial charge in [-0.2, -0.15) is 0 Å². The van der Waals surface area contributed by atoms with Crippen LogP contribution >= 0.6 is 0 Å². The van der Waals surface area contributed by atoms with Gasteiger partial charge in [0, 0.05) is 24.1 Å². The lowest BCUT2D eigenvalue weighted by molar-refractivity contribution is -0.126. The third kappa shape index (κ3) is 5.31. The molecule has 26 heavy (non-hydrogen) atoms. The number of carbonyl (C=O) groups excluding carboxylic acids is 2. The minimum Gasteiger partial charge on any atom is -0.446 e. The van der Waals surface area contributed by atoms with Gasteiger partial charge in [0.25, 0.3) is 0 Å². The summed E-state index contributed by atoms with van der Waals surface area (Å²) < 4.78 is 18.4. The number of benzene rings is 1. The smallest absolute Gasteiger partial charge is 0.411 e. The first-order valence-corrected chi connectivity index (χ1v) is 9.29. The second-order valence-corrected chi connectivity index (χ2v) is 7.01. The minimum absolute atomic E-state index is 0.0470. The Morgan fingerprint density at radius 1 is 1.08 bits per heavy atom. The Morgan fingerprint density at radius 2 is 1.88 bits per heavy atom. The van der Waals surface area contributed by atoms with Crippen molar-refractivity contribution in [2.75, 3.05) is 5.32 Å². The van der Waals surface area contributed by atoms with Crippen molar-refractivity contribution in [1.29, 1.82) is 0 Å². The highest BCUT2D eigenvalue weighted by atomic mass is 19.1. The van der Waals surface area contributed by atoms with Crippen molar-refractivity contribution in [2.24, 2.45) is 5.92 Å². The van der Waals surface area contributed by atoms with Crippen LogP contribution in [0, 0.1) is 11.7 Å². The third-order valence-corrected chi connectivity index (χ3v) is 4.98. The van der Waals surface area contributed by atoms with E-state index < -0.39 is 6.09 Å². The second kappa shape index (κ2) is 8.83. The summed E-state index contributed by atoms with van der Waals surface area (Å²) in [6, 6.07) is 5.58. The van der Waals surface area contributed by atoms with E-state index in [2.05, 4.69) is 22.8 Å². The van der Waals surface area contributed by atoms with Crippen LogP contribution in [0.4, 0.5) is 14.9 Å². The Bertz CT molecular complexity index is 660. The van der Waals surface area contributed by atoms with Gasteiger partial charge in [-0.3, -0.25) is 10.1 Å². The molecule has 1 aromatic carbocycles. The van der Waals surface area contributed by atoms with Crippen molar-refractivity contribution in [3.63, 3.8) is 0 Å². The summed E-state index contributed by atoms with van der Waals surface area (Å²) in [5.41, 5.74) is 0.488. The lowest BCUT2D eigenvalue weighted by atomic mass is 9.90. The number of nitrogens with one attached hydrogen (secondary N) is 2. The number of hydrogen-bond acceptors (Lipinski definition) is 3. The van der Waals surface area contributed by atoms with Gasteiger partial charge in [0.2, 0.25) is 5.91 Å². The molecule has 0 heterocycles. The molecule has 5 nitrogen and oxygen atoms in total. The number of rotatable bonds is 4. The van der Waals surface area contributed by atoms with Crippen LogP contribution < -0.4 is 10.6 Å². The summed E-state index contributed by atoms with van der Waals surface area (Å²) in [5.74, 6) is -0.193. The van der Waals surface area contributed by atoms with Crippen LogP contribution in [0.15, 0.2) is 36.4 Å². The third-order valence-electron chi connectivity index (χ3n) is 4.98. The highest BCUT2D eigenvalue weighted by molar-refractivity contribution is 5.84. The van der Waals surface area contributed by atoms with E-state index in [1.807, 2.05) is 0 Å². The Morgan fingerprint density at radius 3 is 2.62 bits per heavy atom. The van der Waals surface area contributed by atoms with E-state index in [0.29, 0.717) is 12.1 Å². The van der Waals surface area contributed by atoms with E-state index in [9.17, 15) is 14.0 Å². The molecular formula is C20H25FN2O3. The molecule has 3 rings (SSSR count). The first-order valence-electron chi connectivity index (χ1n) is 9.29. The SMILES string of the molecule is O=C(Nc1ccc(F)cc1)O[C@@H]1CCC[C@H](NC(=O)[C@H]2CC=CCC2)C1. The standard InChI is InChI=1S/C20H25FN2O3/c21-15-9-11-16(12-10-15)23-20(25)26-18-8-4-7-17(13-18)22-19(24)14-5-2-1-3-6-14/h1-2,9-12,14,17-18H,3-8,13H2,(H,22,24)(H,23,25)/t14-,17-,18+/m0/s1. The minimum atomic E-state index is -0.550. The van der Waals surface area contributed by atoms with Crippen LogP contribution in [-0.4, -0.2) is 24.1 Å². The molecule has 140 valence electrons. The maximum Gasteiger partial charge on any atom is 0.411 e. The molecule has 0 spiro atoms. The molecule has 0 aliphatic heterocycles. The summed E-state index contributed by atoms with van der Waals surface area (Å²) in [6.07, 6.45) is 9.31. The molecule has 2 N–H and O–H groups in total. The molecule has 6 heteroatoms. The summed E-state index contributed by atoms with van der Waals surface area (Å²) in [5, 5.41) is 5.72. The fraction of sp³-hybridized carbons (Fsp3) is 0.500. The quantitative estimate of drug-likeness (QED) is 0.793. The first kappa shape index (κ1) is 18.4. The lowest BCUT2D eigenvalue weighted by Crippen LogP contribution is -2.43. The predicted octanol–water partition coefficient (Wildman–Crippen LogP) is 4.16. The van der Waals surface area contributed by atoms with Crippen LogP contribution in [0.5, 0.6) is 0 Å². The summed E-state index contributed by atoms with van der Waals surface area (Å²) in [4.78, 5) is 24.4. The summed E-state index contributed by atoms with van der Waals surface area (Å²) in [7, 11) is 0. The predicted molar refractivity (Wildman–Crippen MR) is 97.2 cm³/mol. The molecule has 0 aromatic heterocycles. The maximum atomic E-state index is 12.9. The molecule has 2 aliphatic carbocycles. The van der Waals surface area contributed by atoms with Crippen molar-refractivity contribution in [3.05, 3.63) is 42.2 Å². The van der Waals surface area contributed by atoms with E-state index >= 15 is 0 Å². The van der Waals surface area contributed by atoms with Crippen LogP contribution in [0.3, 0.4) is 0 Å². The fourth-order valence-electron chi connectivity index (χ4n) is 3.57. The number of carbonyl (C=O) groups is 2. The van der Waals surface area contributed by atoms with E-state index in [-0.39, 0.29) is 29.8 Å². The van der Waals surface area contributed by atoms with Gasteiger partial charge < -0.3 is 10.1 Å². The normalized spacial score (nSPS) is 25.3. The van der Waals surface area contributed by atoms with Gasteiger partial charge in [-0.1, -0.05) is 12.2 Å². The van der Waals surface area contributed by atoms with Gasteiger partial charge in [0.05, 0.1) is 0 Å². The molecule has 1 saturated carbocycles. The molecule has 2 aliphatic rings. The van der Waals surface area contributed by atoms with Crippen LogP contribution in [0.25, 0.3) is 0 Å².